The first-order chi connectivity index (χ1) is 14.0. The molecule has 0 atom stereocenters. The molecule has 0 aliphatic carbocycles. The van der Waals surface area contributed by atoms with Gasteiger partial charge in [0.1, 0.15) is 11.3 Å². The van der Waals surface area contributed by atoms with E-state index >= 15 is 0 Å². The molecule has 0 radical (unpaired) electrons. The third-order valence-electron chi connectivity index (χ3n) is 4.39. The van der Waals surface area contributed by atoms with Crippen LogP contribution in [-0.4, -0.2) is 55.1 Å². The Labute approximate surface area is 181 Å². The Balaban J connectivity index is 1.78. The number of para-hydroxylation sites is 1. The van der Waals surface area contributed by atoms with Crippen LogP contribution < -0.4 is 9.64 Å². The second-order valence-corrected chi connectivity index (χ2v) is 9.09. The number of fused-ring (bicyclic) bond motifs is 2. The van der Waals surface area contributed by atoms with Gasteiger partial charge in [0.05, 0.1) is 27.0 Å². The molecule has 0 saturated heterocycles. The fourth-order valence-corrected chi connectivity index (χ4v) is 5.08. The molecule has 0 unspecified atom stereocenters. The molecule has 0 aliphatic rings. The summed E-state index contributed by atoms with van der Waals surface area (Å²) in [5, 5.41) is 1.62. The molecule has 0 aliphatic heterocycles. The van der Waals surface area contributed by atoms with E-state index in [0.29, 0.717) is 39.5 Å². The van der Waals surface area contributed by atoms with Crippen molar-refractivity contribution in [2.24, 2.45) is 0 Å². The SMILES string of the molecule is COc1ccc(Cl)c2sc(N(CCN(C)C)C(=O)c3nc4ccccc4s3)nc12. The summed E-state index contributed by atoms with van der Waals surface area (Å²) in [5.41, 5.74) is 1.48. The average molecular weight is 447 g/mol. The van der Waals surface area contributed by atoms with Gasteiger partial charge in [0.2, 0.25) is 0 Å². The van der Waals surface area contributed by atoms with Gasteiger partial charge in [-0.3, -0.25) is 9.69 Å². The molecular formula is C20H19ClN4O2S2. The number of amides is 1. The van der Waals surface area contributed by atoms with Gasteiger partial charge in [0.25, 0.3) is 5.91 Å². The number of benzene rings is 2. The Hall–Kier alpha value is -2.26. The minimum absolute atomic E-state index is 0.165. The van der Waals surface area contributed by atoms with E-state index in [2.05, 4.69) is 4.98 Å². The van der Waals surface area contributed by atoms with Gasteiger partial charge in [-0.05, 0) is 38.4 Å². The highest BCUT2D eigenvalue weighted by Gasteiger charge is 2.25. The summed E-state index contributed by atoms with van der Waals surface area (Å²) in [6, 6.07) is 11.3. The molecule has 2 heterocycles. The number of aromatic nitrogens is 2. The van der Waals surface area contributed by atoms with Gasteiger partial charge >= 0.3 is 0 Å². The Morgan fingerprint density at radius 3 is 2.62 bits per heavy atom. The fourth-order valence-electron chi connectivity index (χ4n) is 2.88. The highest BCUT2D eigenvalue weighted by atomic mass is 35.5. The first kappa shape index (κ1) is 20.0. The molecule has 0 spiro atoms. The number of methoxy groups -OCH3 is 1. The van der Waals surface area contributed by atoms with Gasteiger partial charge < -0.3 is 9.64 Å². The van der Waals surface area contributed by atoms with Gasteiger partial charge in [-0.1, -0.05) is 35.1 Å². The van der Waals surface area contributed by atoms with E-state index in [0.717, 1.165) is 14.9 Å². The Bertz CT molecular complexity index is 1150. The lowest BCUT2D eigenvalue weighted by molar-refractivity contribution is 0.0985. The van der Waals surface area contributed by atoms with Gasteiger partial charge in [-0.2, -0.15) is 0 Å². The number of hydrogen-bond donors (Lipinski definition) is 0. The molecule has 6 nitrogen and oxygen atoms in total. The minimum atomic E-state index is -0.165. The third kappa shape index (κ3) is 3.93. The number of thiazole rings is 2. The Kier molecular flexibility index (Phi) is 5.69. The predicted molar refractivity (Wildman–Crippen MR) is 121 cm³/mol. The van der Waals surface area contributed by atoms with Crippen molar-refractivity contribution in [1.29, 1.82) is 0 Å². The number of hydrogen-bond acceptors (Lipinski definition) is 7. The summed E-state index contributed by atoms with van der Waals surface area (Å²) in [4.78, 5) is 26.3. The first-order valence-corrected chi connectivity index (χ1v) is 10.9. The average Bonchev–Trinajstić information content (AvgIpc) is 3.33. The maximum absolute atomic E-state index is 13.4. The highest BCUT2D eigenvalue weighted by molar-refractivity contribution is 7.23. The second-order valence-electron chi connectivity index (χ2n) is 6.67. The quantitative estimate of drug-likeness (QED) is 0.426. The van der Waals surface area contributed by atoms with E-state index < -0.39 is 0 Å². The number of halogens is 1. The highest BCUT2D eigenvalue weighted by Crippen LogP contribution is 2.39. The zero-order chi connectivity index (χ0) is 20.5. The van der Waals surface area contributed by atoms with E-state index in [-0.39, 0.29) is 5.91 Å². The zero-order valence-corrected chi connectivity index (χ0v) is 18.6. The molecular weight excluding hydrogens is 428 g/mol. The number of rotatable bonds is 6. The lowest BCUT2D eigenvalue weighted by Gasteiger charge is -2.20. The zero-order valence-electron chi connectivity index (χ0n) is 16.2. The maximum Gasteiger partial charge on any atom is 0.289 e. The van der Waals surface area contributed by atoms with Crippen LogP contribution in [0.1, 0.15) is 9.80 Å². The van der Waals surface area contributed by atoms with Crippen LogP contribution in [0.3, 0.4) is 0 Å². The summed E-state index contributed by atoms with van der Waals surface area (Å²) in [6.45, 7) is 1.18. The van der Waals surface area contributed by atoms with Crippen molar-refractivity contribution in [3.8, 4) is 5.75 Å². The van der Waals surface area contributed by atoms with E-state index in [4.69, 9.17) is 21.3 Å². The van der Waals surface area contributed by atoms with Gasteiger partial charge in [0, 0.05) is 13.1 Å². The molecule has 4 aromatic rings. The Morgan fingerprint density at radius 2 is 1.90 bits per heavy atom. The molecule has 0 fully saturated rings. The van der Waals surface area contributed by atoms with Crippen molar-refractivity contribution in [1.82, 2.24) is 14.9 Å². The number of anilines is 1. The van der Waals surface area contributed by atoms with E-state index in [1.54, 1.807) is 24.1 Å². The maximum atomic E-state index is 13.4. The molecule has 150 valence electrons. The second kappa shape index (κ2) is 8.23. The number of likely N-dealkylation sites (N-methyl/N-ethyl adjacent to an activating group) is 1. The van der Waals surface area contributed by atoms with Gasteiger partial charge in [0.15, 0.2) is 10.1 Å². The first-order valence-electron chi connectivity index (χ1n) is 8.93. The molecule has 9 heteroatoms. The summed E-state index contributed by atoms with van der Waals surface area (Å²) in [6.07, 6.45) is 0. The van der Waals surface area contributed by atoms with Crippen molar-refractivity contribution in [3.05, 3.63) is 46.4 Å². The van der Waals surface area contributed by atoms with Crippen molar-refractivity contribution in [2.75, 3.05) is 39.2 Å². The molecule has 4 rings (SSSR count). The van der Waals surface area contributed by atoms with Crippen LogP contribution in [0.4, 0.5) is 5.13 Å². The minimum Gasteiger partial charge on any atom is -0.494 e. The van der Waals surface area contributed by atoms with Crippen LogP contribution in [0.2, 0.25) is 5.02 Å². The van der Waals surface area contributed by atoms with Crippen LogP contribution in [0.25, 0.3) is 20.4 Å². The smallest absolute Gasteiger partial charge is 0.289 e. The van der Waals surface area contributed by atoms with E-state index in [9.17, 15) is 4.79 Å². The van der Waals surface area contributed by atoms with Crippen LogP contribution in [0, 0.1) is 0 Å². The van der Waals surface area contributed by atoms with Gasteiger partial charge in [-0.15, -0.1) is 11.3 Å². The number of carbonyl (C=O) groups excluding carboxylic acids is 1. The molecule has 0 bridgehead atoms. The lowest BCUT2D eigenvalue weighted by atomic mass is 10.3. The van der Waals surface area contributed by atoms with Crippen LogP contribution in [-0.2, 0) is 0 Å². The number of carbonyl (C=O) groups is 1. The Morgan fingerprint density at radius 1 is 1.10 bits per heavy atom. The fraction of sp³-hybridized carbons (Fsp3) is 0.250. The molecule has 2 aromatic carbocycles. The summed E-state index contributed by atoms with van der Waals surface area (Å²) < 4.78 is 7.21. The van der Waals surface area contributed by atoms with E-state index in [1.165, 1.54) is 22.7 Å². The number of ether oxygens (including phenoxy) is 1. The molecule has 1 amide bonds. The van der Waals surface area contributed by atoms with Crippen LogP contribution >= 0.6 is 34.3 Å². The predicted octanol–water partition coefficient (Wildman–Crippen LogP) is 4.78. The monoisotopic (exact) mass is 446 g/mol. The van der Waals surface area contributed by atoms with Gasteiger partial charge in [-0.25, -0.2) is 9.97 Å². The van der Waals surface area contributed by atoms with Crippen molar-refractivity contribution < 1.29 is 9.53 Å². The van der Waals surface area contributed by atoms with Crippen LogP contribution in [0.5, 0.6) is 5.75 Å². The summed E-state index contributed by atoms with van der Waals surface area (Å²) in [7, 11) is 5.54. The standard InChI is InChI=1S/C20H19ClN4O2S2/c1-24(2)10-11-25(19(26)18-22-13-6-4-5-7-15(13)28-18)20-23-16-14(27-3)9-8-12(21)17(16)29-20/h4-9H,10-11H2,1-3H3. The molecule has 29 heavy (non-hydrogen) atoms. The molecule has 0 N–H and O–H groups in total. The number of nitrogens with zero attached hydrogens (tertiary/aromatic N) is 4. The normalized spacial score (nSPS) is 11.5. The lowest BCUT2D eigenvalue weighted by Crippen LogP contribution is -2.36. The summed E-state index contributed by atoms with van der Waals surface area (Å²) in [5.74, 6) is 0.467. The molecule has 0 saturated carbocycles. The summed E-state index contributed by atoms with van der Waals surface area (Å²) >= 11 is 9.15. The van der Waals surface area contributed by atoms with Crippen LogP contribution in [0.15, 0.2) is 36.4 Å². The van der Waals surface area contributed by atoms with E-state index in [1.807, 2.05) is 43.3 Å². The van der Waals surface area contributed by atoms with Crippen molar-refractivity contribution in [3.63, 3.8) is 0 Å². The van der Waals surface area contributed by atoms with Crippen molar-refractivity contribution >= 4 is 65.7 Å². The third-order valence-corrected chi connectivity index (χ3v) is 6.95. The van der Waals surface area contributed by atoms with Crippen molar-refractivity contribution in [2.45, 2.75) is 0 Å². The largest absolute Gasteiger partial charge is 0.494 e. The molecule has 2 aromatic heterocycles. The topological polar surface area (TPSA) is 58.6 Å².